The smallest absolute Gasteiger partial charge is 0.391 e. The maximum atomic E-state index is 13.2. The van der Waals surface area contributed by atoms with E-state index in [9.17, 15) is 22.8 Å². The van der Waals surface area contributed by atoms with Gasteiger partial charge in [-0.3, -0.25) is 4.79 Å². The summed E-state index contributed by atoms with van der Waals surface area (Å²) in [6.07, 6.45) is -2.75. The van der Waals surface area contributed by atoms with E-state index in [1.165, 1.54) is 23.1 Å². The maximum Gasteiger partial charge on any atom is 0.417 e. The summed E-state index contributed by atoms with van der Waals surface area (Å²) < 4.78 is 44.9. The first kappa shape index (κ1) is 24.3. The molecule has 1 aromatic carbocycles. The molecule has 2 heterocycles. The van der Waals surface area contributed by atoms with Gasteiger partial charge >= 0.3 is 12.3 Å². The average molecular weight is 464 g/mol. The second-order valence-corrected chi connectivity index (χ2v) is 8.18. The number of nitrogens with one attached hydrogen (secondary N) is 1. The summed E-state index contributed by atoms with van der Waals surface area (Å²) in [6, 6.07) is 8.16. The number of carbonyl (C=O) groups is 2. The number of hydrogen-bond donors (Lipinski definition) is 1. The molecule has 0 aliphatic carbocycles. The fourth-order valence-electron chi connectivity index (χ4n) is 3.47. The van der Waals surface area contributed by atoms with Crippen LogP contribution in [0.5, 0.6) is 5.88 Å². The predicted molar refractivity (Wildman–Crippen MR) is 117 cm³/mol. The Kier molecular flexibility index (Phi) is 7.78. The van der Waals surface area contributed by atoms with Gasteiger partial charge in [0, 0.05) is 38.8 Å². The van der Waals surface area contributed by atoms with Crippen LogP contribution in [0.25, 0.3) is 0 Å². The van der Waals surface area contributed by atoms with Gasteiger partial charge in [0.25, 0.3) is 5.91 Å². The Bertz CT molecular complexity index is 956. The van der Waals surface area contributed by atoms with Gasteiger partial charge in [-0.25, -0.2) is 9.78 Å². The third-order valence-corrected chi connectivity index (χ3v) is 5.30. The molecule has 3 rings (SSSR count). The van der Waals surface area contributed by atoms with Crippen molar-refractivity contribution < 1.29 is 27.5 Å². The number of alkyl halides is 3. The number of amides is 2. The number of nitrogens with zero attached hydrogens (tertiary/aromatic N) is 3. The van der Waals surface area contributed by atoms with Gasteiger partial charge in [-0.1, -0.05) is 26.0 Å². The topological polar surface area (TPSA) is 74.8 Å². The fourth-order valence-corrected chi connectivity index (χ4v) is 3.47. The second kappa shape index (κ2) is 10.5. The number of piperazine rings is 1. The standard InChI is InChI=1S/C23H27F3N4O3/c1-16(2)9-10-27-22(32)33-20-8-7-17(15-28-20)29-11-13-30(14-12-29)21(31)18-5-3-4-6-19(18)23(24,25)26/h3-8,15-16H,9-14H2,1-2H3,(H,27,32). The normalized spacial score (nSPS) is 14.4. The van der Waals surface area contributed by atoms with Crippen LogP contribution in [0.15, 0.2) is 42.6 Å². The number of aromatic nitrogens is 1. The third-order valence-electron chi connectivity index (χ3n) is 5.30. The van der Waals surface area contributed by atoms with E-state index in [0.717, 1.165) is 18.2 Å². The number of hydrogen-bond acceptors (Lipinski definition) is 5. The number of rotatable bonds is 6. The molecule has 2 amide bonds. The van der Waals surface area contributed by atoms with Crippen LogP contribution >= 0.6 is 0 Å². The van der Waals surface area contributed by atoms with Crippen LogP contribution in [0.1, 0.15) is 36.2 Å². The van der Waals surface area contributed by atoms with E-state index < -0.39 is 23.7 Å². The summed E-state index contributed by atoms with van der Waals surface area (Å²) in [6.45, 7) is 6.08. The first-order chi connectivity index (χ1) is 15.6. The van der Waals surface area contributed by atoms with Gasteiger partial charge in [0.15, 0.2) is 0 Å². The molecule has 1 fully saturated rings. The first-order valence-electron chi connectivity index (χ1n) is 10.8. The minimum absolute atomic E-state index is 0.165. The van der Waals surface area contributed by atoms with E-state index in [0.29, 0.717) is 25.6 Å². The zero-order valence-electron chi connectivity index (χ0n) is 18.6. The lowest BCUT2D eigenvalue weighted by atomic mass is 10.1. The van der Waals surface area contributed by atoms with Gasteiger partial charge in [0.2, 0.25) is 5.88 Å². The molecule has 0 bridgehead atoms. The van der Waals surface area contributed by atoms with Gasteiger partial charge in [-0.15, -0.1) is 0 Å². The molecule has 1 aliphatic heterocycles. The molecule has 10 heteroatoms. The summed E-state index contributed by atoms with van der Waals surface area (Å²) in [7, 11) is 0. The van der Waals surface area contributed by atoms with Crippen molar-refractivity contribution >= 4 is 17.7 Å². The lowest BCUT2D eigenvalue weighted by Gasteiger charge is -2.36. The molecule has 0 unspecified atom stereocenters. The van der Waals surface area contributed by atoms with E-state index in [2.05, 4.69) is 24.1 Å². The largest absolute Gasteiger partial charge is 0.417 e. The molecular formula is C23H27F3N4O3. The minimum Gasteiger partial charge on any atom is -0.391 e. The quantitative estimate of drug-likeness (QED) is 0.694. The number of carbonyl (C=O) groups excluding carboxylic acids is 2. The van der Waals surface area contributed by atoms with Crippen LogP contribution in [0, 0.1) is 5.92 Å². The van der Waals surface area contributed by atoms with E-state index in [1.807, 2.05) is 4.90 Å². The number of halogens is 3. The van der Waals surface area contributed by atoms with Crippen molar-refractivity contribution in [3.63, 3.8) is 0 Å². The second-order valence-electron chi connectivity index (χ2n) is 8.18. The Morgan fingerprint density at radius 1 is 1.09 bits per heavy atom. The molecular weight excluding hydrogens is 437 g/mol. The monoisotopic (exact) mass is 464 g/mol. The predicted octanol–water partition coefficient (Wildman–Crippen LogP) is 4.20. The van der Waals surface area contributed by atoms with Gasteiger partial charge in [-0.2, -0.15) is 13.2 Å². The highest BCUT2D eigenvalue weighted by molar-refractivity contribution is 5.96. The van der Waals surface area contributed by atoms with Crippen LogP contribution < -0.4 is 15.0 Å². The summed E-state index contributed by atoms with van der Waals surface area (Å²) in [5, 5.41) is 2.66. The summed E-state index contributed by atoms with van der Waals surface area (Å²) in [4.78, 5) is 32.0. The highest BCUT2D eigenvalue weighted by Gasteiger charge is 2.36. The van der Waals surface area contributed by atoms with Crippen LogP contribution in [-0.2, 0) is 6.18 Å². The van der Waals surface area contributed by atoms with Crippen molar-refractivity contribution in [2.24, 2.45) is 5.92 Å². The fraction of sp³-hybridized carbons (Fsp3) is 0.435. The zero-order chi connectivity index (χ0) is 24.0. The average Bonchev–Trinajstić information content (AvgIpc) is 2.78. The van der Waals surface area contributed by atoms with E-state index in [1.54, 1.807) is 18.3 Å². The molecule has 0 radical (unpaired) electrons. The lowest BCUT2D eigenvalue weighted by molar-refractivity contribution is -0.138. The van der Waals surface area contributed by atoms with Crippen molar-refractivity contribution in [3.8, 4) is 5.88 Å². The molecule has 33 heavy (non-hydrogen) atoms. The molecule has 0 spiro atoms. The molecule has 1 saturated heterocycles. The van der Waals surface area contributed by atoms with Gasteiger partial charge in [0.1, 0.15) is 0 Å². The molecule has 2 aromatic rings. The molecule has 1 N–H and O–H groups in total. The van der Waals surface area contributed by atoms with Crippen LogP contribution in [0.2, 0.25) is 0 Å². The Balaban J connectivity index is 1.54. The Labute approximate surface area is 190 Å². The number of ether oxygens (including phenoxy) is 1. The van der Waals surface area contributed by atoms with Crippen molar-refractivity contribution in [1.82, 2.24) is 15.2 Å². The van der Waals surface area contributed by atoms with Crippen LogP contribution in [0.4, 0.5) is 23.7 Å². The number of benzene rings is 1. The third kappa shape index (κ3) is 6.59. The Morgan fingerprint density at radius 2 is 1.79 bits per heavy atom. The Morgan fingerprint density at radius 3 is 2.39 bits per heavy atom. The summed E-state index contributed by atoms with van der Waals surface area (Å²) in [5.74, 6) is 0.00384. The number of anilines is 1. The van der Waals surface area contributed by atoms with Crippen LogP contribution in [-0.4, -0.2) is 54.6 Å². The maximum absolute atomic E-state index is 13.2. The summed E-state index contributed by atoms with van der Waals surface area (Å²) in [5.41, 5.74) is -0.496. The molecule has 1 aliphatic rings. The summed E-state index contributed by atoms with van der Waals surface area (Å²) >= 11 is 0. The van der Waals surface area contributed by atoms with Crippen molar-refractivity contribution in [2.75, 3.05) is 37.6 Å². The van der Waals surface area contributed by atoms with Crippen molar-refractivity contribution in [3.05, 3.63) is 53.7 Å². The van der Waals surface area contributed by atoms with Crippen molar-refractivity contribution in [2.45, 2.75) is 26.4 Å². The molecule has 1 aromatic heterocycles. The first-order valence-corrected chi connectivity index (χ1v) is 10.8. The van der Waals surface area contributed by atoms with Crippen molar-refractivity contribution in [1.29, 1.82) is 0 Å². The highest BCUT2D eigenvalue weighted by atomic mass is 19.4. The minimum atomic E-state index is -4.59. The van der Waals surface area contributed by atoms with E-state index in [4.69, 9.17) is 4.74 Å². The zero-order valence-corrected chi connectivity index (χ0v) is 18.6. The molecule has 0 saturated carbocycles. The van der Waals surface area contributed by atoms with Crippen LogP contribution in [0.3, 0.4) is 0 Å². The lowest BCUT2D eigenvalue weighted by Crippen LogP contribution is -2.49. The van der Waals surface area contributed by atoms with E-state index >= 15 is 0 Å². The van der Waals surface area contributed by atoms with Gasteiger partial charge in [0.05, 0.1) is 23.0 Å². The molecule has 178 valence electrons. The Hall–Kier alpha value is -3.30. The number of pyridine rings is 1. The van der Waals surface area contributed by atoms with Gasteiger partial charge < -0.3 is 19.9 Å². The SMILES string of the molecule is CC(C)CCNC(=O)Oc1ccc(N2CCN(C(=O)c3ccccc3C(F)(F)F)CC2)cn1. The van der Waals surface area contributed by atoms with Gasteiger partial charge in [-0.05, 0) is 30.5 Å². The highest BCUT2D eigenvalue weighted by Crippen LogP contribution is 2.32. The van der Waals surface area contributed by atoms with E-state index in [-0.39, 0.29) is 24.5 Å². The molecule has 7 nitrogen and oxygen atoms in total. The molecule has 0 atom stereocenters.